The minimum absolute atomic E-state index is 0.0426. The number of nitrogens with one attached hydrogen (secondary N) is 6. The van der Waals surface area contributed by atoms with Crippen LogP contribution in [0, 0.1) is 9.81 Å². The molecule has 0 saturated heterocycles. The second kappa shape index (κ2) is 18.7. The van der Waals surface area contributed by atoms with Crippen molar-refractivity contribution >= 4 is 40.6 Å². The first-order valence-corrected chi connectivity index (χ1v) is 16.5. The minimum atomic E-state index is -1.33. The van der Waals surface area contributed by atoms with Crippen molar-refractivity contribution in [2.75, 3.05) is 30.7 Å². The predicted octanol–water partition coefficient (Wildman–Crippen LogP) is 1.33. The summed E-state index contributed by atoms with van der Waals surface area (Å²) in [5.41, 5.74) is 7.84. The van der Waals surface area contributed by atoms with Gasteiger partial charge in [-0.2, -0.15) is 20.3 Å². The topological polar surface area (TPSA) is 297 Å². The SMILES string of the molecule is CC(N=O)C(C)(C)NOCCNC(C)(C)C(CCNC(=O)CCC(NC(=O)c1ccc(NCc2cnc3nc(N)[nH]c(=O)c3n2)cc1)C(=O)O)N=O. The molecule has 2 amide bonds. The van der Waals surface area contributed by atoms with Gasteiger partial charge in [0.1, 0.15) is 18.1 Å². The Labute approximate surface area is 298 Å². The molecule has 0 aliphatic heterocycles. The molecule has 1 aromatic carbocycles. The molecule has 52 heavy (non-hydrogen) atoms. The number of fused-ring (bicyclic) bond motifs is 1. The number of carbonyl (C=O) groups is 3. The third-order valence-corrected chi connectivity index (χ3v) is 8.39. The lowest BCUT2D eigenvalue weighted by Crippen LogP contribution is -2.52. The van der Waals surface area contributed by atoms with Crippen LogP contribution in [0.2, 0.25) is 0 Å². The molecule has 0 bridgehead atoms. The molecule has 2 aromatic heterocycles. The second-order valence-corrected chi connectivity index (χ2v) is 13.2. The molecule has 0 saturated carbocycles. The molecule has 0 aliphatic rings. The number of nitrogen functional groups attached to an aromatic ring is 1. The van der Waals surface area contributed by atoms with E-state index in [0.29, 0.717) is 17.9 Å². The van der Waals surface area contributed by atoms with Crippen LogP contribution in [0.4, 0.5) is 11.6 Å². The van der Waals surface area contributed by atoms with E-state index in [0.717, 1.165) is 0 Å². The van der Waals surface area contributed by atoms with E-state index in [4.69, 9.17) is 10.6 Å². The molecule has 0 radical (unpaired) electrons. The van der Waals surface area contributed by atoms with E-state index < -0.39 is 52.5 Å². The Morgan fingerprint density at radius 2 is 1.73 bits per heavy atom. The Balaban J connectivity index is 1.41. The Morgan fingerprint density at radius 3 is 2.38 bits per heavy atom. The van der Waals surface area contributed by atoms with Crippen molar-refractivity contribution in [1.82, 2.24) is 41.4 Å². The normalized spacial score (nSPS) is 13.5. The molecule has 9 N–H and O–H groups in total. The van der Waals surface area contributed by atoms with E-state index in [1.165, 1.54) is 18.3 Å². The molecule has 0 spiro atoms. The molecule has 3 atom stereocenters. The maximum atomic E-state index is 12.8. The number of anilines is 2. The maximum Gasteiger partial charge on any atom is 0.326 e. The van der Waals surface area contributed by atoms with Crippen molar-refractivity contribution in [2.45, 2.75) is 89.6 Å². The first kappa shape index (κ1) is 41.0. The molecule has 20 heteroatoms. The van der Waals surface area contributed by atoms with Crippen LogP contribution in [-0.4, -0.2) is 91.7 Å². The van der Waals surface area contributed by atoms with Crippen LogP contribution in [0.25, 0.3) is 11.2 Å². The van der Waals surface area contributed by atoms with Crippen molar-refractivity contribution in [3.8, 4) is 0 Å². The summed E-state index contributed by atoms with van der Waals surface area (Å²) < 4.78 is 0. The number of nitrogens with zero attached hydrogens (tertiary/aromatic N) is 5. The number of carboxylic acids is 1. The molecule has 0 fully saturated rings. The number of nitrogens with two attached hydrogens (primary N) is 1. The van der Waals surface area contributed by atoms with Crippen LogP contribution in [0.1, 0.15) is 69.9 Å². The highest BCUT2D eigenvalue weighted by Gasteiger charge is 2.31. The van der Waals surface area contributed by atoms with Crippen molar-refractivity contribution in [3.63, 3.8) is 0 Å². The fourth-order valence-electron chi connectivity index (χ4n) is 4.74. The van der Waals surface area contributed by atoms with E-state index in [2.05, 4.69) is 57.0 Å². The van der Waals surface area contributed by atoms with Crippen LogP contribution in [0.5, 0.6) is 0 Å². The number of carbonyl (C=O) groups excluding carboxylic acids is 2. The number of amides is 2. The number of rotatable bonds is 22. The van der Waals surface area contributed by atoms with E-state index in [1.54, 1.807) is 46.8 Å². The first-order chi connectivity index (χ1) is 24.6. The third-order valence-electron chi connectivity index (χ3n) is 8.39. The molecular weight excluding hydrogens is 680 g/mol. The number of hydroxylamine groups is 1. The highest BCUT2D eigenvalue weighted by molar-refractivity contribution is 5.97. The number of benzene rings is 1. The van der Waals surface area contributed by atoms with Gasteiger partial charge in [0, 0.05) is 36.3 Å². The summed E-state index contributed by atoms with van der Waals surface area (Å²) in [7, 11) is 0. The quantitative estimate of drug-likeness (QED) is 0.0412. The van der Waals surface area contributed by atoms with E-state index in [9.17, 15) is 34.1 Å². The summed E-state index contributed by atoms with van der Waals surface area (Å²) >= 11 is 0. The van der Waals surface area contributed by atoms with Crippen molar-refractivity contribution < 1.29 is 24.3 Å². The smallest absolute Gasteiger partial charge is 0.326 e. The number of aromatic nitrogens is 4. The van der Waals surface area contributed by atoms with Gasteiger partial charge in [-0.1, -0.05) is 10.4 Å². The summed E-state index contributed by atoms with van der Waals surface area (Å²) in [5.74, 6) is -2.46. The number of hydrogen-bond acceptors (Lipinski definition) is 16. The lowest BCUT2D eigenvalue weighted by Gasteiger charge is -2.31. The number of nitroso groups, excluding NO2 is 2. The van der Waals surface area contributed by atoms with Gasteiger partial charge in [0.2, 0.25) is 11.9 Å². The molecule has 20 nitrogen and oxygen atoms in total. The summed E-state index contributed by atoms with van der Waals surface area (Å²) in [5, 5.41) is 27.3. The van der Waals surface area contributed by atoms with Gasteiger partial charge in [0.05, 0.1) is 30.6 Å². The number of aromatic amines is 1. The summed E-state index contributed by atoms with van der Waals surface area (Å²) in [6.07, 6.45) is 1.31. The molecular formula is C32H46N12O8. The average molecular weight is 727 g/mol. The van der Waals surface area contributed by atoms with Gasteiger partial charge in [0.25, 0.3) is 11.5 Å². The van der Waals surface area contributed by atoms with Crippen molar-refractivity contribution in [1.29, 1.82) is 0 Å². The van der Waals surface area contributed by atoms with E-state index in [1.807, 2.05) is 0 Å². The number of carboxylic acid groups (broad SMARTS) is 1. The number of aliphatic carboxylic acids is 1. The fraction of sp³-hybridized carbons (Fsp3) is 0.531. The Morgan fingerprint density at radius 1 is 1.02 bits per heavy atom. The van der Waals surface area contributed by atoms with Crippen LogP contribution < -0.4 is 38.0 Å². The molecule has 3 aromatic rings. The third kappa shape index (κ3) is 12.1. The Hall–Kier alpha value is -5.47. The largest absolute Gasteiger partial charge is 0.480 e. The number of H-pyrrole nitrogens is 1. The monoisotopic (exact) mass is 726 g/mol. The summed E-state index contributed by atoms with van der Waals surface area (Å²) in [6.45, 7) is 9.73. The lowest BCUT2D eigenvalue weighted by molar-refractivity contribution is -0.139. The molecule has 0 aliphatic carbocycles. The Bertz CT molecular complexity index is 1770. The molecule has 3 rings (SSSR count). The first-order valence-electron chi connectivity index (χ1n) is 16.5. The number of hydrogen-bond donors (Lipinski definition) is 8. The van der Waals surface area contributed by atoms with Crippen LogP contribution in [-0.2, 0) is 21.0 Å². The van der Waals surface area contributed by atoms with Gasteiger partial charge in [-0.15, -0.1) is 0 Å². The van der Waals surface area contributed by atoms with Crippen LogP contribution in [0.15, 0.2) is 45.6 Å². The van der Waals surface area contributed by atoms with Gasteiger partial charge >= 0.3 is 5.97 Å². The minimum Gasteiger partial charge on any atom is -0.480 e. The van der Waals surface area contributed by atoms with Gasteiger partial charge in [-0.3, -0.25) is 24.2 Å². The van der Waals surface area contributed by atoms with Crippen LogP contribution >= 0.6 is 0 Å². The van der Waals surface area contributed by atoms with Crippen molar-refractivity contribution in [3.05, 3.63) is 61.9 Å². The Kier molecular flexibility index (Phi) is 14.7. The molecule has 3 unspecified atom stereocenters. The van der Waals surface area contributed by atoms with Crippen molar-refractivity contribution in [2.24, 2.45) is 10.4 Å². The van der Waals surface area contributed by atoms with Crippen LogP contribution in [0.3, 0.4) is 0 Å². The molecule has 282 valence electrons. The second-order valence-electron chi connectivity index (χ2n) is 13.2. The van der Waals surface area contributed by atoms with E-state index >= 15 is 0 Å². The van der Waals surface area contributed by atoms with Gasteiger partial charge in [-0.25, -0.2) is 14.8 Å². The average Bonchev–Trinajstić information content (AvgIpc) is 3.10. The summed E-state index contributed by atoms with van der Waals surface area (Å²) in [4.78, 5) is 91.8. The van der Waals surface area contributed by atoms with E-state index in [-0.39, 0.29) is 61.6 Å². The highest BCUT2D eigenvalue weighted by Crippen LogP contribution is 2.17. The zero-order chi connectivity index (χ0) is 38.5. The zero-order valence-electron chi connectivity index (χ0n) is 29.7. The summed E-state index contributed by atoms with van der Waals surface area (Å²) in [6, 6.07) is 3.67. The molecule has 2 heterocycles. The van der Waals surface area contributed by atoms with Gasteiger partial charge < -0.3 is 32.1 Å². The highest BCUT2D eigenvalue weighted by atomic mass is 16.6. The fourth-order valence-corrected chi connectivity index (χ4v) is 4.74. The predicted molar refractivity (Wildman–Crippen MR) is 192 cm³/mol. The standard InChI is InChI=1S/C32H46N12O8/c1-18(42-50)31(2,3)44-52-15-14-37-32(4,5)23(43-51)12-13-34-24(45)11-10-22(29(48)49)39-27(46)19-6-8-20(9-7-19)35-16-21-17-36-26-25(38-21)28(47)41-30(33)40-26/h6-9,17-18,22-23,35,37,44H,10-16H2,1-5H3,(H,34,45)(H,39,46)(H,48,49)(H3,33,36,40,41,47). The maximum absolute atomic E-state index is 12.8. The zero-order valence-corrected chi connectivity index (χ0v) is 29.7. The lowest BCUT2D eigenvalue weighted by atomic mass is 9.92. The van der Waals surface area contributed by atoms with Gasteiger partial charge in [-0.05, 0) is 71.7 Å². The van der Waals surface area contributed by atoms with Gasteiger partial charge in [0.15, 0.2) is 11.2 Å².